The van der Waals surface area contributed by atoms with Gasteiger partial charge in [0.2, 0.25) is 0 Å². The van der Waals surface area contributed by atoms with Crippen molar-refractivity contribution in [2.24, 2.45) is 5.73 Å². The molecule has 0 spiro atoms. The minimum atomic E-state index is 0.153. The summed E-state index contributed by atoms with van der Waals surface area (Å²) in [4.78, 5) is 9.86. The molecule has 0 aliphatic rings. The molecular formula is C15H19N3S. The van der Waals surface area contributed by atoms with Crippen LogP contribution in [0.4, 0.5) is 0 Å². The van der Waals surface area contributed by atoms with Crippen LogP contribution in [0.25, 0.3) is 0 Å². The molecule has 1 aromatic carbocycles. The minimum absolute atomic E-state index is 0.153. The van der Waals surface area contributed by atoms with Crippen molar-refractivity contribution in [1.82, 2.24) is 9.97 Å². The minimum Gasteiger partial charge on any atom is -0.328 e. The molecule has 0 fully saturated rings. The van der Waals surface area contributed by atoms with Crippen LogP contribution < -0.4 is 5.73 Å². The molecule has 1 heterocycles. The summed E-state index contributed by atoms with van der Waals surface area (Å²) < 4.78 is 0. The molecule has 0 saturated heterocycles. The van der Waals surface area contributed by atoms with E-state index >= 15 is 0 Å². The van der Waals surface area contributed by atoms with Gasteiger partial charge >= 0.3 is 0 Å². The SMILES string of the molecule is Cc1cnc(Sc2ccc(C)cc2CC(C)N)nc1. The maximum atomic E-state index is 5.92. The van der Waals surface area contributed by atoms with Gasteiger partial charge in [0.05, 0.1) is 0 Å². The Bertz CT molecular complexity index is 550. The molecule has 19 heavy (non-hydrogen) atoms. The normalized spacial score (nSPS) is 12.4. The lowest BCUT2D eigenvalue weighted by molar-refractivity contribution is 0.728. The summed E-state index contributed by atoms with van der Waals surface area (Å²) in [5.74, 6) is 0. The van der Waals surface area contributed by atoms with Crippen LogP contribution in [0.1, 0.15) is 23.6 Å². The zero-order valence-corrected chi connectivity index (χ0v) is 12.4. The highest BCUT2D eigenvalue weighted by molar-refractivity contribution is 7.99. The zero-order valence-electron chi connectivity index (χ0n) is 11.6. The Morgan fingerprint density at radius 3 is 2.47 bits per heavy atom. The van der Waals surface area contributed by atoms with Crippen molar-refractivity contribution in [2.45, 2.75) is 43.3 Å². The van der Waals surface area contributed by atoms with Gasteiger partial charge in [-0.05, 0) is 56.1 Å². The first kappa shape index (κ1) is 14.0. The summed E-state index contributed by atoms with van der Waals surface area (Å²) in [6.45, 7) is 6.11. The predicted molar refractivity (Wildman–Crippen MR) is 79.4 cm³/mol. The predicted octanol–water partition coefficient (Wildman–Crippen LogP) is 3.13. The van der Waals surface area contributed by atoms with Crippen molar-refractivity contribution < 1.29 is 0 Å². The molecule has 2 N–H and O–H groups in total. The van der Waals surface area contributed by atoms with E-state index < -0.39 is 0 Å². The van der Waals surface area contributed by atoms with E-state index in [0.717, 1.165) is 17.1 Å². The molecule has 1 unspecified atom stereocenters. The molecule has 100 valence electrons. The highest BCUT2D eigenvalue weighted by Gasteiger charge is 2.08. The summed E-state index contributed by atoms with van der Waals surface area (Å²) >= 11 is 1.60. The van der Waals surface area contributed by atoms with Crippen LogP contribution in [0, 0.1) is 13.8 Å². The molecule has 0 aliphatic heterocycles. The molecule has 1 atom stereocenters. The second-order valence-corrected chi connectivity index (χ2v) is 5.95. The van der Waals surface area contributed by atoms with Crippen LogP contribution in [0.15, 0.2) is 40.6 Å². The van der Waals surface area contributed by atoms with Gasteiger partial charge in [0.1, 0.15) is 0 Å². The third-order valence-corrected chi connectivity index (χ3v) is 3.73. The van der Waals surface area contributed by atoms with Gasteiger partial charge in [-0.3, -0.25) is 0 Å². The molecular weight excluding hydrogens is 254 g/mol. The Hall–Kier alpha value is -1.39. The molecule has 0 saturated carbocycles. The second-order valence-electron chi connectivity index (χ2n) is 4.94. The molecule has 4 heteroatoms. The average molecular weight is 273 g/mol. The van der Waals surface area contributed by atoms with E-state index in [2.05, 4.69) is 35.1 Å². The van der Waals surface area contributed by atoms with Gasteiger partial charge in [0.15, 0.2) is 5.16 Å². The van der Waals surface area contributed by atoms with Gasteiger partial charge in [0, 0.05) is 23.3 Å². The average Bonchev–Trinajstić information content (AvgIpc) is 2.34. The van der Waals surface area contributed by atoms with Gasteiger partial charge in [-0.25, -0.2) is 9.97 Å². The van der Waals surface area contributed by atoms with Crippen LogP contribution in [0.3, 0.4) is 0 Å². The summed E-state index contributed by atoms with van der Waals surface area (Å²) in [6, 6.07) is 6.59. The number of aryl methyl sites for hydroxylation is 2. The van der Waals surface area contributed by atoms with Crippen molar-refractivity contribution in [3.63, 3.8) is 0 Å². The molecule has 0 amide bonds. The van der Waals surface area contributed by atoms with E-state index in [1.807, 2.05) is 26.2 Å². The Morgan fingerprint density at radius 1 is 1.16 bits per heavy atom. The van der Waals surface area contributed by atoms with E-state index in [4.69, 9.17) is 5.73 Å². The highest BCUT2D eigenvalue weighted by Crippen LogP contribution is 2.29. The van der Waals surface area contributed by atoms with Crippen molar-refractivity contribution in [2.75, 3.05) is 0 Å². The molecule has 0 aliphatic carbocycles. The quantitative estimate of drug-likeness (QED) is 0.870. The lowest BCUT2D eigenvalue weighted by Crippen LogP contribution is -2.18. The maximum absolute atomic E-state index is 5.92. The number of hydrogen-bond acceptors (Lipinski definition) is 4. The smallest absolute Gasteiger partial charge is 0.192 e. The van der Waals surface area contributed by atoms with Crippen LogP contribution >= 0.6 is 11.8 Å². The second kappa shape index (κ2) is 6.17. The number of hydrogen-bond donors (Lipinski definition) is 1. The van der Waals surface area contributed by atoms with Crippen LogP contribution in [0.2, 0.25) is 0 Å². The van der Waals surface area contributed by atoms with E-state index in [-0.39, 0.29) is 6.04 Å². The van der Waals surface area contributed by atoms with Crippen molar-refractivity contribution in [3.05, 3.63) is 47.3 Å². The lowest BCUT2D eigenvalue weighted by atomic mass is 10.1. The topological polar surface area (TPSA) is 51.8 Å². The Balaban J connectivity index is 2.26. The molecule has 2 rings (SSSR count). The van der Waals surface area contributed by atoms with Crippen molar-refractivity contribution >= 4 is 11.8 Å². The lowest BCUT2D eigenvalue weighted by Gasteiger charge is -2.11. The van der Waals surface area contributed by atoms with E-state index in [1.165, 1.54) is 16.0 Å². The fourth-order valence-corrected chi connectivity index (χ4v) is 2.66. The molecule has 2 aromatic rings. The standard InChI is InChI=1S/C15H19N3S/c1-10-4-5-14(13(6-10)7-12(3)16)19-15-17-8-11(2)9-18-15/h4-6,8-9,12H,7,16H2,1-3H3. The summed E-state index contributed by atoms with van der Waals surface area (Å²) in [7, 11) is 0. The summed E-state index contributed by atoms with van der Waals surface area (Å²) in [5, 5.41) is 0.778. The van der Waals surface area contributed by atoms with E-state index in [1.54, 1.807) is 11.8 Å². The van der Waals surface area contributed by atoms with Crippen molar-refractivity contribution in [1.29, 1.82) is 0 Å². The summed E-state index contributed by atoms with van der Waals surface area (Å²) in [6.07, 6.45) is 4.55. The third-order valence-electron chi connectivity index (χ3n) is 2.72. The Morgan fingerprint density at radius 2 is 1.84 bits per heavy atom. The zero-order chi connectivity index (χ0) is 13.8. The fourth-order valence-electron chi connectivity index (χ4n) is 1.85. The first-order valence-electron chi connectivity index (χ1n) is 6.36. The van der Waals surface area contributed by atoms with Gasteiger partial charge in [-0.2, -0.15) is 0 Å². The first-order chi connectivity index (χ1) is 9.04. The molecule has 1 aromatic heterocycles. The van der Waals surface area contributed by atoms with Gasteiger partial charge < -0.3 is 5.73 Å². The monoisotopic (exact) mass is 273 g/mol. The van der Waals surface area contributed by atoms with Crippen LogP contribution in [-0.4, -0.2) is 16.0 Å². The van der Waals surface area contributed by atoms with E-state index in [9.17, 15) is 0 Å². The van der Waals surface area contributed by atoms with Gasteiger partial charge in [-0.15, -0.1) is 0 Å². The maximum Gasteiger partial charge on any atom is 0.192 e. The number of nitrogens with zero attached hydrogens (tertiary/aromatic N) is 2. The third kappa shape index (κ3) is 4.04. The summed E-state index contributed by atoms with van der Waals surface area (Å²) in [5.41, 5.74) is 9.51. The van der Waals surface area contributed by atoms with Gasteiger partial charge in [0.25, 0.3) is 0 Å². The van der Waals surface area contributed by atoms with E-state index in [0.29, 0.717) is 0 Å². The Labute approximate surface area is 118 Å². The Kier molecular flexibility index (Phi) is 4.56. The number of benzene rings is 1. The molecule has 3 nitrogen and oxygen atoms in total. The number of nitrogens with two attached hydrogens (primary N) is 1. The number of rotatable bonds is 4. The number of aromatic nitrogens is 2. The van der Waals surface area contributed by atoms with Crippen LogP contribution in [0.5, 0.6) is 0 Å². The van der Waals surface area contributed by atoms with Crippen LogP contribution in [-0.2, 0) is 6.42 Å². The van der Waals surface area contributed by atoms with Gasteiger partial charge in [-0.1, -0.05) is 17.7 Å². The fraction of sp³-hybridized carbons (Fsp3) is 0.333. The first-order valence-corrected chi connectivity index (χ1v) is 7.18. The largest absolute Gasteiger partial charge is 0.328 e. The highest BCUT2D eigenvalue weighted by atomic mass is 32.2. The molecule has 0 bridgehead atoms. The van der Waals surface area contributed by atoms with Crippen molar-refractivity contribution in [3.8, 4) is 0 Å². The molecule has 0 radical (unpaired) electrons.